The minimum Gasteiger partial charge on any atom is -0.508 e. The largest absolute Gasteiger partial charge is 0.508 e. The Morgan fingerprint density at radius 3 is 2.42 bits per heavy atom. The van der Waals surface area contributed by atoms with Gasteiger partial charge in [-0.2, -0.15) is 23.1 Å². The van der Waals surface area contributed by atoms with E-state index in [9.17, 15) is 18.3 Å². The molecule has 278 valence electrons. The van der Waals surface area contributed by atoms with Gasteiger partial charge in [0.15, 0.2) is 5.82 Å². The Hall–Kier alpha value is -3.90. The molecular weight excluding hydrogens is 714 g/mol. The summed E-state index contributed by atoms with van der Waals surface area (Å²) in [5.74, 6) is 0.324. The Morgan fingerprint density at radius 2 is 1.77 bits per heavy atom. The molecule has 1 aliphatic carbocycles. The van der Waals surface area contributed by atoms with Crippen molar-refractivity contribution in [1.29, 1.82) is 0 Å². The fraction of sp³-hybridized carbons (Fsp3) is 0.487. The van der Waals surface area contributed by atoms with E-state index in [1.54, 1.807) is 0 Å². The molecule has 0 radical (unpaired) electrons. The predicted molar refractivity (Wildman–Crippen MR) is 192 cm³/mol. The highest BCUT2D eigenvalue weighted by Crippen LogP contribution is 2.50. The number of aromatic nitrogens is 2. The molecule has 53 heavy (non-hydrogen) atoms. The van der Waals surface area contributed by atoms with E-state index in [-0.39, 0.29) is 62.1 Å². The highest BCUT2D eigenvalue weighted by molar-refractivity contribution is 8.00. The number of nitrogens with one attached hydrogen (secondary N) is 1. The minimum atomic E-state index is -4.82. The molecule has 5 heterocycles. The minimum absolute atomic E-state index is 0.00107. The maximum atomic E-state index is 17.4. The molecule has 2 bridgehead atoms. The summed E-state index contributed by atoms with van der Waals surface area (Å²) in [6.07, 6.45) is 11.7. The molecule has 4 saturated heterocycles. The number of hydrogen-bond acceptors (Lipinski definition) is 9. The van der Waals surface area contributed by atoms with Crippen molar-refractivity contribution < 1.29 is 36.5 Å². The third-order valence-corrected chi connectivity index (χ3v) is 12.6. The molecule has 0 amide bonds. The number of piperazine rings is 1. The number of halogens is 5. The van der Waals surface area contributed by atoms with E-state index >= 15 is 8.78 Å². The molecule has 2 atom stereocenters. The topological polar surface area (TPSA) is 83.0 Å². The van der Waals surface area contributed by atoms with Crippen LogP contribution in [0.5, 0.6) is 11.8 Å². The number of hydrogen-bond donors (Lipinski definition) is 2. The van der Waals surface area contributed by atoms with Crippen LogP contribution in [0.4, 0.5) is 27.8 Å². The lowest BCUT2D eigenvalue weighted by atomic mass is 9.76. The van der Waals surface area contributed by atoms with Crippen LogP contribution in [0.15, 0.2) is 35.2 Å². The number of terminal acetylenes is 1. The standard InChI is InChI=1S/C39H38F5N5O3S/c1-2-26-29(40)6-3-22-13-25(50)14-27(31(22)26)32-30(53-39(42,43)44)15-28-34(33(32)41)46-36(47-35(28)49-16-23-4-5-24(17-49)45-23)52-21-37(7-8-37)18-48-11-9-38(10-12-48)19-51-20-38/h1,3,6,13-15,23-24,45,50H,4-5,7-12,16-21H2. The van der Waals surface area contributed by atoms with Crippen LogP contribution in [-0.2, 0) is 4.74 Å². The number of piperidine rings is 1. The van der Waals surface area contributed by atoms with E-state index in [0.717, 1.165) is 83.5 Å². The van der Waals surface area contributed by atoms with E-state index < -0.39 is 39.4 Å². The summed E-state index contributed by atoms with van der Waals surface area (Å²) in [6.45, 7) is 5.89. The van der Waals surface area contributed by atoms with Crippen molar-refractivity contribution in [3.05, 3.63) is 47.5 Å². The fourth-order valence-electron chi connectivity index (χ4n) is 8.74. The average molecular weight is 752 g/mol. The molecule has 5 fully saturated rings. The van der Waals surface area contributed by atoms with E-state index in [1.807, 2.05) is 4.90 Å². The molecule has 2 unspecified atom stereocenters. The summed E-state index contributed by atoms with van der Waals surface area (Å²) < 4.78 is 87.1. The molecule has 1 aromatic heterocycles. The third kappa shape index (κ3) is 6.53. The monoisotopic (exact) mass is 751 g/mol. The number of benzene rings is 3. The predicted octanol–water partition coefficient (Wildman–Crippen LogP) is 7.24. The van der Waals surface area contributed by atoms with E-state index in [0.29, 0.717) is 30.9 Å². The van der Waals surface area contributed by atoms with Gasteiger partial charge in [-0.15, -0.1) is 6.42 Å². The summed E-state index contributed by atoms with van der Waals surface area (Å²) in [6, 6.07) is 6.34. The van der Waals surface area contributed by atoms with Gasteiger partial charge < -0.3 is 29.7 Å². The Kier molecular flexibility index (Phi) is 8.45. The number of aromatic hydroxyl groups is 1. The van der Waals surface area contributed by atoms with E-state index in [2.05, 4.69) is 21.1 Å². The van der Waals surface area contributed by atoms with E-state index in [1.165, 1.54) is 18.2 Å². The van der Waals surface area contributed by atoms with Crippen molar-refractivity contribution in [2.75, 3.05) is 57.4 Å². The molecule has 14 heteroatoms. The quantitative estimate of drug-likeness (QED) is 0.110. The normalized spacial score (nSPS) is 23.4. The maximum absolute atomic E-state index is 17.4. The molecule has 1 spiro atoms. The van der Waals surface area contributed by atoms with Gasteiger partial charge in [0.25, 0.3) is 0 Å². The number of ether oxygens (including phenoxy) is 2. The van der Waals surface area contributed by atoms with E-state index in [4.69, 9.17) is 20.9 Å². The lowest BCUT2D eigenvalue weighted by Gasteiger charge is -2.47. The summed E-state index contributed by atoms with van der Waals surface area (Å²) in [7, 11) is 0. The summed E-state index contributed by atoms with van der Waals surface area (Å²) >= 11 is -0.497. The van der Waals surface area contributed by atoms with Gasteiger partial charge in [-0.1, -0.05) is 12.0 Å². The molecule has 4 aromatic rings. The zero-order chi connectivity index (χ0) is 36.7. The van der Waals surface area contributed by atoms with Crippen LogP contribution in [-0.4, -0.2) is 90.1 Å². The SMILES string of the molecule is C#Cc1c(F)ccc2cc(O)cc(-c3c(SC(F)(F)F)cc4c(N5CC6CCC(C5)N6)nc(OCC5(CN6CCC7(CC6)COC7)CC5)nc4c3F)c12. The second kappa shape index (κ2) is 12.9. The van der Waals surface area contributed by atoms with Crippen LogP contribution in [0.3, 0.4) is 0 Å². The number of phenolic OH excluding ortho intramolecular Hbond substituents is 1. The third-order valence-electron chi connectivity index (χ3n) is 11.8. The maximum Gasteiger partial charge on any atom is 0.446 e. The van der Waals surface area contributed by atoms with Gasteiger partial charge in [0, 0.05) is 63.8 Å². The van der Waals surface area contributed by atoms with Gasteiger partial charge in [0.2, 0.25) is 0 Å². The van der Waals surface area contributed by atoms with Crippen molar-refractivity contribution in [3.8, 4) is 35.2 Å². The number of rotatable bonds is 8. The van der Waals surface area contributed by atoms with Crippen molar-refractivity contribution in [1.82, 2.24) is 20.2 Å². The lowest BCUT2D eigenvalue weighted by Crippen LogP contribution is -2.52. The molecule has 5 aliphatic rings. The fourth-order valence-corrected chi connectivity index (χ4v) is 9.47. The van der Waals surface area contributed by atoms with Crippen molar-refractivity contribution >= 4 is 39.3 Å². The Balaban J connectivity index is 1.15. The molecule has 8 nitrogen and oxygen atoms in total. The first-order valence-electron chi connectivity index (χ1n) is 18.1. The van der Waals surface area contributed by atoms with Crippen LogP contribution in [0, 0.1) is 34.8 Å². The van der Waals surface area contributed by atoms with Crippen molar-refractivity contribution in [2.45, 2.75) is 61.0 Å². The number of nitrogens with zero attached hydrogens (tertiary/aromatic N) is 4. The second-order valence-corrected chi connectivity index (χ2v) is 16.7. The number of fused-ring (bicyclic) bond motifs is 4. The second-order valence-electron chi connectivity index (χ2n) is 15.6. The van der Waals surface area contributed by atoms with Crippen LogP contribution in [0.1, 0.15) is 44.1 Å². The van der Waals surface area contributed by atoms with Crippen LogP contribution >= 0.6 is 11.8 Å². The highest BCUT2D eigenvalue weighted by atomic mass is 32.2. The summed E-state index contributed by atoms with van der Waals surface area (Å²) in [5, 5.41) is 14.6. The lowest BCUT2D eigenvalue weighted by molar-refractivity contribution is -0.140. The summed E-state index contributed by atoms with van der Waals surface area (Å²) in [5.41, 5.74) is -5.78. The first-order chi connectivity index (χ1) is 25.4. The zero-order valence-corrected chi connectivity index (χ0v) is 29.7. The van der Waals surface area contributed by atoms with Crippen LogP contribution < -0.4 is 15.0 Å². The van der Waals surface area contributed by atoms with Crippen LogP contribution in [0.25, 0.3) is 32.8 Å². The molecule has 3 aromatic carbocycles. The summed E-state index contributed by atoms with van der Waals surface area (Å²) in [4.78, 5) is 13.3. The molecule has 4 aliphatic heterocycles. The van der Waals surface area contributed by atoms with Gasteiger partial charge in [0.05, 0.1) is 25.4 Å². The number of likely N-dealkylation sites (tertiary alicyclic amines) is 1. The number of alkyl halides is 3. The van der Waals surface area contributed by atoms with Crippen molar-refractivity contribution in [3.63, 3.8) is 0 Å². The first-order valence-corrected chi connectivity index (χ1v) is 18.9. The Bertz CT molecular complexity index is 2150. The Labute approximate surface area is 307 Å². The molecule has 2 N–H and O–H groups in total. The van der Waals surface area contributed by atoms with Gasteiger partial charge in [-0.3, -0.25) is 0 Å². The number of phenols is 1. The zero-order valence-electron chi connectivity index (χ0n) is 28.9. The Morgan fingerprint density at radius 1 is 1.04 bits per heavy atom. The van der Waals surface area contributed by atoms with Crippen LogP contribution in [0.2, 0.25) is 0 Å². The molecular formula is C39H38F5N5O3S. The number of anilines is 1. The van der Waals surface area contributed by atoms with Gasteiger partial charge in [-0.05, 0) is 98.6 Å². The first kappa shape index (κ1) is 34.8. The molecule has 1 saturated carbocycles. The van der Waals surface area contributed by atoms with Gasteiger partial charge in [-0.25, -0.2) is 8.78 Å². The highest BCUT2D eigenvalue weighted by Gasteiger charge is 2.48. The average Bonchev–Trinajstić information content (AvgIpc) is 3.79. The smallest absolute Gasteiger partial charge is 0.446 e. The molecule has 9 rings (SSSR count). The van der Waals surface area contributed by atoms with Gasteiger partial charge in [0.1, 0.15) is 22.9 Å². The van der Waals surface area contributed by atoms with Gasteiger partial charge >= 0.3 is 11.5 Å². The van der Waals surface area contributed by atoms with Crippen molar-refractivity contribution in [2.24, 2.45) is 10.8 Å². The number of thioether (sulfide) groups is 1.